The van der Waals surface area contributed by atoms with Crippen LogP contribution >= 0.6 is 11.6 Å². The molecule has 3 amide bonds. The van der Waals surface area contributed by atoms with Gasteiger partial charge in [-0.3, -0.25) is 14.4 Å². The predicted molar refractivity (Wildman–Crippen MR) is 139 cm³/mol. The Morgan fingerprint density at radius 3 is 2.25 bits per heavy atom. The van der Waals surface area contributed by atoms with Gasteiger partial charge >= 0.3 is 0 Å². The van der Waals surface area contributed by atoms with Gasteiger partial charge in [0.05, 0.1) is 13.0 Å². The summed E-state index contributed by atoms with van der Waals surface area (Å²) in [4.78, 5) is 40.8. The summed E-state index contributed by atoms with van der Waals surface area (Å²) in [5.74, 6) is 0.0183. The van der Waals surface area contributed by atoms with Crippen LogP contribution in [0.5, 0.6) is 5.75 Å². The highest BCUT2D eigenvalue weighted by Gasteiger charge is 2.34. The summed E-state index contributed by atoms with van der Waals surface area (Å²) < 4.78 is 5.16. The third kappa shape index (κ3) is 6.38. The summed E-state index contributed by atoms with van der Waals surface area (Å²) in [5.41, 5.74) is 1.32. The average Bonchev–Trinajstić information content (AvgIpc) is 2.93. The van der Waals surface area contributed by atoms with Crippen LogP contribution in [0.3, 0.4) is 0 Å². The Bertz CT molecular complexity index is 1050. The maximum Gasteiger partial charge on any atom is 0.251 e. The Morgan fingerprint density at radius 1 is 0.917 bits per heavy atom. The fourth-order valence-corrected chi connectivity index (χ4v) is 5.37. The number of nitrogens with one attached hydrogen (secondary N) is 2. The first kappa shape index (κ1) is 26.0. The summed E-state index contributed by atoms with van der Waals surface area (Å²) in [6, 6.07) is 16.0. The minimum Gasteiger partial charge on any atom is -0.497 e. The number of halogens is 1. The van der Waals surface area contributed by atoms with Crippen LogP contribution in [0.2, 0.25) is 0 Å². The first-order valence-electron chi connectivity index (χ1n) is 12.7. The summed E-state index contributed by atoms with van der Waals surface area (Å²) in [5, 5.41) is 5.54. The number of ether oxygens (including phenoxy) is 1. The molecule has 36 heavy (non-hydrogen) atoms. The van der Waals surface area contributed by atoms with Crippen molar-refractivity contribution in [2.75, 3.05) is 20.2 Å². The molecule has 2 N–H and O–H groups in total. The third-order valence-corrected chi connectivity index (χ3v) is 7.61. The number of amides is 3. The van der Waals surface area contributed by atoms with Gasteiger partial charge in [0, 0.05) is 30.7 Å². The van der Waals surface area contributed by atoms with Crippen molar-refractivity contribution < 1.29 is 19.1 Å². The topological polar surface area (TPSA) is 87.7 Å². The van der Waals surface area contributed by atoms with Crippen molar-refractivity contribution in [3.63, 3.8) is 0 Å². The molecule has 1 aliphatic carbocycles. The maximum atomic E-state index is 13.2. The van der Waals surface area contributed by atoms with E-state index in [0.29, 0.717) is 24.4 Å². The number of rotatable bonds is 7. The van der Waals surface area contributed by atoms with E-state index in [2.05, 4.69) is 10.6 Å². The van der Waals surface area contributed by atoms with Gasteiger partial charge in [0.1, 0.15) is 11.1 Å². The zero-order valence-electron chi connectivity index (χ0n) is 20.6. The molecule has 0 bridgehead atoms. The molecule has 2 aliphatic rings. The molecule has 4 rings (SSSR count). The molecule has 4 atom stereocenters. The van der Waals surface area contributed by atoms with Crippen molar-refractivity contribution in [3.8, 4) is 5.75 Å². The summed E-state index contributed by atoms with van der Waals surface area (Å²) in [6.07, 6.45) is 5.11. The second-order valence-electron chi connectivity index (χ2n) is 9.60. The first-order chi connectivity index (χ1) is 17.5. The lowest BCUT2D eigenvalue weighted by molar-refractivity contribution is -0.135. The van der Waals surface area contributed by atoms with Gasteiger partial charge in [-0.05, 0) is 55.5 Å². The number of carbonyl (C=O) groups is 3. The molecule has 0 radical (unpaired) electrons. The Morgan fingerprint density at radius 2 is 1.58 bits per heavy atom. The molecule has 7 nitrogen and oxygen atoms in total. The molecule has 1 heterocycles. The largest absolute Gasteiger partial charge is 0.497 e. The highest BCUT2D eigenvalue weighted by molar-refractivity contribution is 6.30. The van der Waals surface area contributed by atoms with Gasteiger partial charge in [-0.15, -0.1) is 11.6 Å². The fraction of sp³-hybridized carbons (Fsp3) is 0.464. The molecule has 8 heteroatoms. The molecule has 2 aromatic rings. The second kappa shape index (κ2) is 12.3. The summed E-state index contributed by atoms with van der Waals surface area (Å²) >= 11 is 6.47. The van der Waals surface area contributed by atoms with Crippen LogP contribution in [-0.4, -0.2) is 54.9 Å². The lowest BCUT2D eigenvalue weighted by Gasteiger charge is -2.36. The van der Waals surface area contributed by atoms with Gasteiger partial charge < -0.3 is 20.3 Å². The number of alkyl halides is 1. The molecular weight excluding hydrogens is 478 g/mol. The number of nitrogens with zero attached hydrogens (tertiary/aromatic N) is 1. The van der Waals surface area contributed by atoms with E-state index < -0.39 is 5.38 Å². The van der Waals surface area contributed by atoms with E-state index in [9.17, 15) is 14.4 Å². The van der Waals surface area contributed by atoms with Gasteiger partial charge in [-0.2, -0.15) is 0 Å². The number of carbonyl (C=O) groups excluding carboxylic acids is 3. The number of hydrogen-bond donors (Lipinski definition) is 2. The lowest BCUT2D eigenvalue weighted by atomic mass is 9.88. The number of hydrogen-bond acceptors (Lipinski definition) is 4. The van der Waals surface area contributed by atoms with E-state index in [1.54, 1.807) is 36.3 Å². The number of methoxy groups -OCH3 is 1. The number of likely N-dealkylation sites (tertiary alicyclic amines) is 1. The first-order valence-corrected chi connectivity index (χ1v) is 13.1. The molecule has 0 spiro atoms. The molecule has 1 saturated carbocycles. The van der Waals surface area contributed by atoms with Crippen LogP contribution < -0.4 is 15.4 Å². The van der Waals surface area contributed by atoms with Crippen LogP contribution in [0.15, 0.2) is 54.6 Å². The van der Waals surface area contributed by atoms with Crippen molar-refractivity contribution >= 4 is 29.3 Å². The molecular formula is C28H34ClN3O4. The Kier molecular flexibility index (Phi) is 8.86. The SMILES string of the molecule is COc1ccc(C(=O)N[C@@H]2CCCC[C@H]2NC(=O)[C@H]2CCCN(C(=O)[C@@H](Cl)c3ccccc3)C2)cc1. The standard InChI is InChI=1S/C28H34ClN3O4/c1-36-22-15-13-20(14-16-22)26(33)30-23-11-5-6-12-24(23)31-27(34)21-10-7-17-32(18-21)28(35)25(29)19-8-3-2-4-9-19/h2-4,8-9,13-16,21,23-25H,5-7,10-12,17-18H2,1H3,(H,30,33)(H,31,34)/t21-,23+,24+,25-/m0/s1. The van der Waals surface area contributed by atoms with Crippen molar-refractivity contribution in [1.82, 2.24) is 15.5 Å². The zero-order valence-corrected chi connectivity index (χ0v) is 21.4. The van der Waals surface area contributed by atoms with E-state index in [0.717, 1.165) is 44.1 Å². The quantitative estimate of drug-likeness (QED) is 0.548. The Labute approximate surface area is 217 Å². The lowest BCUT2D eigenvalue weighted by Crippen LogP contribution is -2.55. The van der Waals surface area contributed by atoms with Crippen LogP contribution in [0, 0.1) is 5.92 Å². The fourth-order valence-electron chi connectivity index (χ4n) is 5.09. The van der Waals surface area contributed by atoms with Crippen molar-refractivity contribution in [1.29, 1.82) is 0 Å². The average molecular weight is 512 g/mol. The molecule has 1 aliphatic heterocycles. The second-order valence-corrected chi connectivity index (χ2v) is 10.0. The molecule has 192 valence electrons. The smallest absolute Gasteiger partial charge is 0.251 e. The van der Waals surface area contributed by atoms with E-state index in [1.165, 1.54) is 0 Å². The minimum absolute atomic E-state index is 0.0612. The molecule has 0 unspecified atom stereocenters. The van der Waals surface area contributed by atoms with E-state index in [4.69, 9.17) is 16.3 Å². The van der Waals surface area contributed by atoms with Gasteiger partial charge in [0.15, 0.2) is 0 Å². The molecule has 1 saturated heterocycles. The van der Waals surface area contributed by atoms with E-state index in [1.807, 2.05) is 30.3 Å². The van der Waals surface area contributed by atoms with Crippen LogP contribution in [0.25, 0.3) is 0 Å². The van der Waals surface area contributed by atoms with E-state index in [-0.39, 0.29) is 35.7 Å². The number of benzene rings is 2. The molecule has 0 aromatic heterocycles. The van der Waals surface area contributed by atoms with Gasteiger partial charge in [-0.25, -0.2) is 0 Å². The third-order valence-electron chi connectivity index (χ3n) is 7.18. The van der Waals surface area contributed by atoms with E-state index >= 15 is 0 Å². The predicted octanol–water partition coefficient (Wildman–Crippen LogP) is 4.07. The maximum absolute atomic E-state index is 13.2. The Hall–Kier alpha value is -3.06. The van der Waals surface area contributed by atoms with Crippen molar-refractivity contribution in [2.24, 2.45) is 5.92 Å². The highest BCUT2D eigenvalue weighted by Crippen LogP contribution is 2.27. The van der Waals surface area contributed by atoms with Crippen LogP contribution in [0.4, 0.5) is 0 Å². The van der Waals surface area contributed by atoms with Crippen LogP contribution in [-0.2, 0) is 9.59 Å². The number of piperidine rings is 1. The normalized spacial score (nSPS) is 22.8. The van der Waals surface area contributed by atoms with Crippen LogP contribution in [0.1, 0.15) is 59.8 Å². The van der Waals surface area contributed by atoms with Gasteiger partial charge in [0.2, 0.25) is 11.8 Å². The molecule has 2 fully saturated rings. The Balaban J connectivity index is 1.34. The van der Waals surface area contributed by atoms with Gasteiger partial charge in [-0.1, -0.05) is 43.2 Å². The van der Waals surface area contributed by atoms with Crippen molar-refractivity contribution in [2.45, 2.75) is 56.0 Å². The molecule has 2 aromatic carbocycles. The summed E-state index contributed by atoms with van der Waals surface area (Å²) in [7, 11) is 1.59. The highest BCUT2D eigenvalue weighted by atomic mass is 35.5. The van der Waals surface area contributed by atoms with Crippen molar-refractivity contribution in [3.05, 3.63) is 65.7 Å². The minimum atomic E-state index is -0.760. The van der Waals surface area contributed by atoms with Gasteiger partial charge in [0.25, 0.3) is 5.91 Å². The summed E-state index contributed by atoms with van der Waals surface area (Å²) in [6.45, 7) is 0.957. The monoisotopic (exact) mass is 511 g/mol. The zero-order chi connectivity index (χ0) is 25.5.